The van der Waals surface area contributed by atoms with Gasteiger partial charge in [-0.3, -0.25) is 4.79 Å². The van der Waals surface area contributed by atoms with E-state index in [0.29, 0.717) is 19.6 Å². The van der Waals surface area contributed by atoms with Crippen LogP contribution in [0.2, 0.25) is 0 Å². The number of nitrogens with one attached hydrogen (secondary N) is 1. The van der Waals surface area contributed by atoms with E-state index >= 15 is 0 Å². The van der Waals surface area contributed by atoms with E-state index in [1.54, 1.807) is 16.8 Å². The van der Waals surface area contributed by atoms with Gasteiger partial charge in [0.05, 0.1) is 6.61 Å². The normalized spacial score (nSPS) is 10.2. The summed E-state index contributed by atoms with van der Waals surface area (Å²) in [5, 5.41) is 11.5. The molecule has 4 heteroatoms. The molecule has 1 heterocycles. The zero-order valence-corrected chi connectivity index (χ0v) is 7.44. The summed E-state index contributed by atoms with van der Waals surface area (Å²) in [4.78, 5) is 11.2. The number of nitrogens with zero attached hydrogens (tertiary/aromatic N) is 1. The van der Waals surface area contributed by atoms with Crippen LogP contribution in [0.4, 0.5) is 0 Å². The molecule has 72 valence electrons. The lowest BCUT2D eigenvalue weighted by Gasteiger charge is -2.04. The second kappa shape index (κ2) is 5.50. The van der Waals surface area contributed by atoms with E-state index in [2.05, 4.69) is 5.32 Å². The van der Waals surface area contributed by atoms with Gasteiger partial charge in [-0.2, -0.15) is 0 Å². The predicted molar refractivity (Wildman–Crippen MR) is 50.7 cm³/mol. The highest BCUT2D eigenvalue weighted by Crippen LogP contribution is 1.80. The van der Waals surface area contributed by atoms with Gasteiger partial charge in [0.25, 0.3) is 5.56 Å². The molecule has 4 nitrogen and oxygen atoms in total. The number of aliphatic hydroxyl groups excluding tert-OH is 1. The Hall–Kier alpha value is -1.13. The Balaban J connectivity index is 2.37. The van der Waals surface area contributed by atoms with E-state index in [1.165, 1.54) is 6.07 Å². The zero-order chi connectivity index (χ0) is 9.52. The highest BCUT2D eigenvalue weighted by molar-refractivity contribution is 4.93. The molecule has 13 heavy (non-hydrogen) atoms. The zero-order valence-electron chi connectivity index (χ0n) is 7.44. The summed E-state index contributed by atoms with van der Waals surface area (Å²) in [7, 11) is 0. The number of rotatable bonds is 5. The van der Waals surface area contributed by atoms with Gasteiger partial charge >= 0.3 is 0 Å². The van der Waals surface area contributed by atoms with Crippen molar-refractivity contribution in [2.75, 3.05) is 19.7 Å². The van der Waals surface area contributed by atoms with E-state index in [4.69, 9.17) is 5.11 Å². The van der Waals surface area contributed by atoms with Crippen LogP contribution in [0, 0.1) is 0 Å². The third kappa shape index (κ3) is 3.40. The molecule has 0 amide bonds. The van der Waals surface area contributed by atoms with Gasteiger partial charge in [0.2, 0.25) is 0 Å². The second-order valence-electron chi connectivity index (χ2n) is 2.71. The van der Waals surface area contributed by atoms with Crippen LogP contribution in [0.25, 0.3) is 0 Å². The Morgan fingerprint density at radius 1 is 1.38 bits per heavy atom. The van der Waals surface area contributed by atoms with Crippen molar-refractivity contribution in [3.05, 3.63) is 34.7 Å². The maximum absolute atomic E-state index is 11.2. The van der Waals surface area contributed by atoms with Gasteiger partial charge in [-0.25, -0.2) is 0 Å². The fourth-order valence-corrected chi connectivity index (χ4v) is 1.05. The summed E-state index contributed by atoms with van der Waals surface area (Å²) in [5.41, 5.74) is 0.00768. The molecule has 0 atom stereocenters. The van der Waals surface area contributed by atoms with E-state index in [1.807, 2.05) is 6.07 Å². The molecule has 0 saturated carbocycles. The van der Waals surface area contributed by atoms with Gasteiger partial charge in [0.15, 0.2) is 0 Å². The van der Waals surface area contributed by atoms with Crippen molar-refractivity contribution in [2.45, 2.75) is 6.54 Å². The maximum atomic E-state index is 11.2. The smallest absolute Gasteiger partial charge is 0.250 e. The Kier molecular flexibility index (Phi) is 4.21. The van der Waals surface area contributed by atoms with Crippen LogP contribution >= 0.6 is 0 Å². The van der Waals surface area contributed by atoms with Gasteiger partial charge in [-0.05, 0) is 6.07 Å². The molecular formula is C9H14N2O2. The highest BCUT2D eigenvalue weighted by Gasteiger charge is 1.91. The van der Waals surface area contributed by atoms with E-state index < -0.39 is 0 Å². The molecule has 0 aromatic carbocycles. The molecule has 0 radical (unpaired) electrons. The number of hydrogen-bond donors (Lipinski definition) is 2. The first-order chi connectivity index (χ1) is 6.34. The van der Waals surface area contributed by atoms with Crippen molar-refractivity contribution in [3.8, 4) is 0 Å². The van der Waals surface area contributed by atoms with Crippen molar-refractivity contribution in [2.24, 2.45) is 0 Å². The summed E-state index contributed by atoms with van der Waals surface area (Å²) in [6.45, 7) is 2.04. The summed E-state index contributed by atoms with van der Waals surface area (Å²) >= 11 is 0. The molecule has 0 spiro atoms. The van der Waals surface area contributed by atoms with Crippen molar-refractivity contribution < 1.29 is 5.11 Å². The van der Waals surface area contributed by atoms with E-state index in [-0.39, 0.29) is 12.2 Å². The second-order valence-corrected chi connectivity index (χ2v) is 2.71. The number of aliphatic hydroxyl groups is 1. The summed E-state index contributed by atoms with van der Waals surface area (Å²) < 4.78 is 1.63. The molecule has 0 fully saturated rings. The van der Waals surface area contributed by atoms with Crippen LogP contribution in [-0.4, -0.2) is 29.4 Å². The lowest BCUT2D eigenvalue weighted by Crippen LogP contribution is -2.27. The van der Waals surface area contributed by atoms with Crippen LogP contribution in [0.15, 0.2) is 29.2 Å². The molecule has 0 aliphatic heterocycles. The quantitative estimate of drug-likeness (QED) is 0.600. The maximum Gasteiger partial charge on any atom is 0.250 e. The first-order valence-corrected chi connectivity index (χ1v) is 4.31. The minimum atomic E-state index is 0.00768. The number of aromatic nitrogens is 1. The fraction of sp³-hybridized carbons (Fsp3) is 0.444. The molecule has 0 aliphatic rings. The molecule has 1 rings (SSSR count). The number of pyridine rings is 1. The summed E-state index contributed by atoms with van der Waals surface area (Å²) in [6.07, 6.45) is 1.75. The SMILES string of the molecule is O=c1ccccn1CCNCCO. The van der Waals surface area contributed by atoms with Gasteiger partial charge in [-0.15, -0.1) is 0 Å². The average Bonchev–Trinajstić information content (AvgIpc) is 2.15. The third-order valence-electron chi connectivity index (χ3n) is 1.72. The lowest BCUT2D eigenvalue weighted by atomic mass is 10.4. The van der Waals surface area contributed by atoms with Gasteiger partial charge in [-0.1, -0.05) is 6.07 Å². The molecule has 0 unspecified atom stereocenters. The fourth-order valence-electron chi connectivity index (χ4n) is 1.05. The van der Waals surface area contributed by atoms with Crippen molar-refractivity contribution in [1.82, 2.24) is 9.88 Å². The Labute approximate surface area is 76.8 Å². The molecule has 0 aliphatic carbocycles. The monoisotopic (exact) mass is 182 g/mol. The third-order valence-corrected chi connectivity index (χ3v) is 1.72. The molecule has 1 aromatic heterocycles. The van der Waals surface area contributed by atoms with Crippen molar-refractivity contribution >= 4 is 0 Å². The minimum Gasteiger partial charge on any atom is -0.395 e. The highest BCUT2D eigenvalue weighted by atomic mass is 16.3. The Bertz CT molecular complexity index is 296. The Morgan fingerprint density at radius 2 is 2.23 bits per heavy atom. The van der Waals surface area contributed by atoms with Crippen LogP contribution in [0.3, 0.4) is 0 Å². The summed E-state index contributed by atoms with van der Waals surface area (Å²) in [6, 6.07) is 5.08. The minimum absolute atomic E-state index is 0.00768. The van der Waals surface area contributed by atoms with Gasteiger partial charge in [0.1, 0.15) is 0 Å². The topological polar surface area (TPSA) is 54.3 Å². The molecule has 1 aromatic rings. The Morgan fingerprint density at radius 3 is 2.92 bits per heavy atom. The average molecular weight is 182 g/mol. The molecule has 0 saturated heterocycles. The van der Waals surface area contributed by atoms with E-state index in [0.717, 1.165) is 0 Å². The lowest BCUT2D eigenvalue weighted by molar-refractivity contribution is 0.291. The molecule has 2 N–H and O–H groups in total. The van der Waals surface area contributed by atoms with Crippen LogP contribution in [0.5, 0.6) is 0 Å². The van der Waals surface area contributed by atoms with Crippen LogP contribution < -0.4 is 10.9 Å². The van der Waals surface area contributed by atoms with Crippen molar-refractivity contribution in [3.63, 3.8) is 0 Å². The molecule has 0 bridgehead atoms. The van der Waals surface area contributed by atoms with Crippen LogP contribution in [-0.2, 0) is 6.54 Å². The van der Waals surface area contributed by atoms with Gasteiger partial charge in [0, 0.05) is 31.9 Å². The summed E-state index contributed by atoms with van der Waals surface area (Å²) in [5.74, 6) is 0. The largest absolute Gasteiger partial charge is 0.395 e. The van der Waals surface area contributed by atoms with Gasteiger partial charge < -0.3 is 15.0 Å². The molecular weight excluding hydrogens is 168 g/mol. The first-order valence-electron chi connectivity index (χ1n) is 4.31. The standard InChI is InChI=1S/C9H14N2O2/c12-8-5-10-4-7-11-6-2-1-3-9(11)13/h1-3,6,10,12H,4-5,7-8H2. The predicted octanol–water partition coefficient (Wildman–Crippen LogP) is -0.570. The first kappa shape index (κ1) is 9.95. The number of hydrogen-bond acceptors (Lipinski definition) is 3. The van der Waals surface area contributed by atoms with E-state index in [9.17, 15) is 4.79 Å². The van der Waals surface area contributed by atoms with Crippen LogP contribution in [0.1, 0.15) is 0 Å². The van der Waals surface area contributed by atoms with Crippen molar-refractivity contribution in [1.29, 1.82) is 0 Å².